The smallest absolute Gasteiger partial charge is 0.316 e. The van der Waals surface area contributed by atoms with Crippen molar-refractivity contribution in [3.8, 4) is 0 Å². The molecular weight excluding hydrogens is 264 g/mol. The average Bonchev–Trinajstić information content (AvgIpc) is 2.48. The van der Waals surface area contributed by atoms with Crippen LogP contribution in [0.1, 0.15) is 24.2 Å². The third-order valence-corrected chi connectivity index (χ3v) is 3.24. The lowest BCUT2D eigenvalue weighted by Crippen LogP contribution is -2.22. The maximum atomic E-state index is 10.8. The van der Waals surface area contributed by atoms with Crippen molar-refractivity contribution in [1.82, 2.24) is 10.3 Å². The summed E-state index contributed by atoms with van der Waals surface area (Å²) in [5.74, 6) is 0. The molecule has 0 radical (unpaired) electrons. The maximum Gasteiger partial charge on any atom is 0.316 e. The molecule has 2 rings (SSSR count). The van der Waals surface area contributed by atoms with Gasteiger partial charge in [0.1, 0.15) is 0 Å². The molecule has 0 aliphatic carbocycles. The molecule has 1 aromatic heterocycles. The fraction of sp³-hybridized carbons (Fsp3) is 0.250. The lowest BCUT2D eigenvalue weighted by molar-refractivity contribution is 0.259. The lowest BCUT2D eigenvalue weighted by Gasteiger charge is -2.14. The van der Waals surface area contributed by atoms with E-state index in [0.29, 0.717) is 5.69 Å². The first-order valence-corrected chi connectivity index (χ1v) is 6.95. The first-order chi connectivity index (χ1) is 10.1. The van der Waals surface area contributed by atoms with Gasteiger partial charge in [-0.3, -0.25) is 4.98 Å². The second-order valence-electron chi connectivity index (χ2n) is 4.86. The van der Waals surface area contributed by atoms with E-state index in [2.05, 4.69) is 22.5 Å². The molecule has 110 valence electrons. The number of benzene rings is 1. The summed E-state index contributed by atoms with van der Waals surface area (Å²) in [6.45, 7) is 2.97. The minimum Gasteiger partial charge on any atom is -0.351 e. The van der Waals surface area contributed by atoms with Crippen molar-refractivity contribution in [1.29, 1.82) is 0 Å². The number of anilines is 1. The molecular formula is C16H20N4O. The number of aromatic nitrogens is 1. The van der Waals surface area contributed by atoms with E-state index >= 15 is 0 Å². The highest BCUT2D eigenvalue weighted by Crippen LogP contribution is 2.15. The highest BCUT2D eigenvalue weighted by atomic mass is 16.2. The summed E-state index contributed by atoms with van der Waals surface area (Å²) in [6, 6.07) is 13.3. The summed E-state index contributed by atoms with van der Waals surface area (Å²) in [5, 5.41) is 6.00. The van der Waals surface area contributed by atoms with Gasteiger partial charge < -0.3 is 16.4 Å². The number of hydrogen-bond acceptors (Lipinski definition) is 3. The lowest BCUT2D eigenvalue weighted by atomic mass is 10.1. The van der Waals surface area contributed by atoms with Gasteiger partial charge in [-0.2, -0.15) is 0 Å². The Kier molecular flexibility index (Phi) is 5.29. The Bertz CT molecular complexity index is 569. The van der Waals surface area contributed by atoms with Crippen LogP contribution in [0, 0.1) is 0 Å². The standard InChI is InChI=1S/C16H20N4O/c1-12(18-11-9-14-4-2-3-10-19-14)13-5-7-15(8-6-13)20-16(17)21/h2-8,10,12,18H,9,11H2,1H3,(H3,17,20,21). The normalized spacial score (nSPS) is 11.9. The molecule has 21 heavy (non-hydrogen) atoms. The average molecular weight is 284 g/mol. The Balaban J connectivity index is 1.82. The van der Waals surface area contributed by atoms with Crippen LogP contribution in [0.2, 0.25) is 0 Å². The number of nitrogens with zero attached hydrogens (tertiary/aromatic N) is 1. The van der Waals surface area contributed by atoms with Crippen LogP contribution < -0.4 is 16.4 Å². The van der Waals surface area contributed by atoms with Crippen LogP contribution in [0.4, 0.5) is 10.5 Å². The minimum absolute atomic E-state index is 0.233. The van der Waals surface area contributed by atoms with E-state index in [-0.39, 0.29) is 6.04 Å². The highest BCUT2D eigenvalue weighted by molar-refractivity contribution is 5.87. The predicted molar refractivity (Wildman–Crippen MR) is 84.0 cm³/mol. The molecule has 0 fully saturated rings. The topological polar surface area (TPSA) is 80.0 Å². The molecule has 0 aliphatic rings. The van der Waals surface area contributed by atoms with Crippen molar-refractivity contribution in [3.63, 3.8) is 0 Å². The Hall–Kier alpha value is -2.40. The summed E-state index contributed by atoms with van der Waals surface area (Å²) in [5.41, 5.74) is 8.02. The van der Waals surface area contributed by atoms with Crippen LogP contribution in [-0.2, 0) is 6.42 Å². The fourth-order valence-corrected chi connectivity index (χ4v) is 2.08. The fourth-order valence-electron chi connectivity index (χ4n) is 2.08. The van der Waals surface area contributed by atoms with E-state index in [1.165, 1.54) is 0 Å². The number of amides is 2. The molecule has 1 atom stereocenters. The quantitative estimate of drug-likeness (QED) is 0.762. The van der Waals surface area contributed by atoms with Crippen LogP contribution >= 0.6 is 0 Å². The zero-order valence-electron chi connectivity index (χ0n) is 12.0. The molecule has 4 N–H and O–H groups in total. The number of rotatable bonds is 6. The zero-order valence-corrected chi connectivity index (χ0v) is 12.0. The van der Waals surface area contributed by atoms with Crippen molar-refractivity contribution in [2.75, 3.05) is 11.9 Å². The van der Waals surface area contributed by atoms with Crippen LogP contribution in [0.15, 0.2) is 48.7 Å². The first kappa shape index (κ1) is 15.0. The van der Waals surface area contributed by atoms with E-state index in [1.54, 1.807) is 0 Å². The second-order valence-corrected chi connectivity index (χ2v) is 4.86. The van der Waals surface area contributed by atoms with Gasteiger partial charge in [-0.15, -0.1) is 0 Å². The third kappa shape index (κ3) is 4.89. The first-order valence-electron chi connectivity index (χ1n) is 6.95. The molecule has 1 aromatic carbocycles. The van der Waals surface area contributed by atoms with Gasteiger partial charge in [0, 0.05) is 36.6 Å². The number of carbonyl (C=O) groups is 1. The van der Waals surface area contributed by atoms with Crippen molar-refractivity contribution < 1.29 is 4.79 Å². The molecule has 0 aliphatic heterocycles. The van der Waals surface area contributed by atoms with E-state index in [4.69, 9.17) is 5.73 Å². The van der Waals surface area contributed by atoms with Gasteiger partial charge in [0.2, 0.25) is 0 Å². The van der Waals surface area contributed by atoms with Gasteiger partial charge in [0.05, 0.1) is 0 Å². The minimum atomic E-state index is -0.552. The largest absolute Gasteiger partial charge is 0.351 e. The molecule has 2 amide bonds. The highest BCUT2D eigenvalue weighted by Gasteiger charge is 2.05. The number of nitrogens with one attached hydrogen (secondary N) is 2. The Labute approximate surface area is 124 Å². The molecule has 5 heteroatoms. The van der Waals surface area contributed by atoms with Crippen molar-refractivity contribution in [2.24, 2.45) is 5.73 Å². The number of nitrogens with two attached hydrogens (primary N) is 1. The molecule has 0 spiro atoms. The Morgan fingerprint density at radius 2 is 2.00 bits per heavy atom. The van der Waals surface area contributed by atoms with Gasteiger partial charge >= 0.3 is 6.03 Å². The van der Waals surface area contributed by atoms with E-state index in [9.17, 15) is 4.79 Å². The number of pyridine rings is 1. The summed E-state index contributed by atoms with van der Waals surface area (Å²) < 4.78 is 0. The van der Waals surface area contributed by atoms with Gasteiger partial charge in [0.15, 0.2) is 0 Å². The Morgan fingerprint density at radius 1 is 1.24 bits per heavy atom. The third-order valence-electron chi connectivity index (χ3n) is 3.24. The SMILES string of the molecule is CC(NCCc1ccccn1)c1ccc(NC(N)=O)cc1. The molecule has 0 saturated carbocycles. The molecule has 1 unspecified atom stereocenters. The number of urea groups is 1. The molecule has 0 bridgehead atoms. The van der Waals surface area contributed by atoms with Gasteiger partial charge in [-0.05, 0) is 36.8 Å². The van der Waals surface area contributed by atoms with E-state index < -0.39 is 6.03 Å². The van der Waals surface area contributed by atoms with Crippen molar-refractivity contribution >= 4 is 11.7 Å². The maximum absolute atomic E-state index is 10.8. The van der Waals surface area contributed by atoms with Crippen molar-refractivity contribution in [2.45, 2.75) is 19.4 Å². The molecule has 2 aromatic rings. The number of carbonyl (C=O) groups excluding carboxylic acids is 1. The summed E-state index contributed by atoms with van der Waals surface area (Å²) >= 11 is 0. The van der Waals surface area contributed by atoms with Crippen molar-refractivity contribution in [3.05, 3.63) is 59.9 Å². The van der Waals surface area contributed by atoms with E-state index in [1.807, 2.05) is 48.7 Å². The number of hydrogen-bond donors (Lipinski definition) is 3. The zero-order chi connectivity index (χ0) is 15.1. The second kappa shape index (κ2) is 7.40. The Morgan fingerprint density at radius 3 is 2.62 bits per heavy atom. The van der Waals surface area contributed by atoms with Gasteiger partial charge in [-0.25, -0.2) is 4.79 Å². The van der Waals surface area contributed by atoms with E-state index in [0.717, 1.165) is 24.2 Å². The summed E-state index contributed by atoms with van der Waals surface area (Å²) in [7, 11) is 0. The molecule has 5 nitrogen and oxygen atoms in total. The predicted octanol–water partition coefficient (Wildman–Crippen LogP) is 2.47. The van der Waals surface area contributed by atoms with Crippen LogP contribution in [-0.4, -0.2) is 17.6 Å². The van der Waals surface area contributed by atoms with Crippen LogP contribution in [0.5, 0.6) is 0 Å². The van der Waals surface area contributed by atoms with Gasteiger partial charge in [-0.1, -0.05) is 18.2 Å². The monoisotopic (exact) mass is 284 g/mol. The summed E-state index contributed by atoms with van der Waals surface area (Å²) in [4.78, 5) is 15.1. The number of primary amides is 1. The molecule has 1 heterocycles. The van der Waals surface area contributed by atoms with Gasteiger partial charge in [0.25, 0.3) is 0 Å². The molecule has 0 saturated heterocycles. The van der Waals surface area contributed by atoms with Crippen LogP contribution in [0.3, 0.4) is 0 Å². The summed E-state index contributed by atoms with van der Waals surface area (Å²) in [6.07, 6.45) is 2.70. The van der Waals surface area contributed by atoms with Crippen LogP contribution in [0.25, 0.3) is 0 Å².